The molecule has 0 fully saturated rings. The lowest BCUT2D eigenvalue weighted by Gasteiger charge is -2.25. The van der Waals surface area contributed by atoms with Gasteiger partial charge in [-0.25, -0.2) is 0 Å². The van der Waals surface area contributed by atoms with Crippen molar-refractivity contribution in [2.24, 2.45) is 7.05 Å². The van der Waals surface area contributed by atoms with Crippen molar-refractivity contribution in [2.45, 2.75) is 32.5 Å². The molecule has 0 saturated carbocycles. The number of hydrogen-bond donors (Lipinski definition) is 0. The fourth-order valence-electron chi connectivity index (χ4n) is 3.37. The minimum absolute atomic E-state index is 0.0595. The predicted octanol–water partition coefficient (Wildman–Crippen LogP) is 2.46. The third kappa shape index (κ3) is 3.96. The van der Waals surface area contributed by atoms with E-state index in [4.69, 9.17) is 14.7 Å². The average Bonchev–Trinajstić information content (AvgIpc) is 2.97. The number of fused-ring (bicyclic) bond motifs is 1. The van der Waals surface area contributed by atoms with Crippen molar-refractivity contribution in [3.05, 3.63) is 46.8 Å². The van der Waals surface area contributed by atoms with Crippen LogP contribution in [0.25, 0.3) is 0 Å². The monoisotopic (exact) mass is 368 g/mol. The van der Waals surface area contributed by atoms with Crippen LogP contribution < -0.4 is 4.74 Å². The van der Waals surface area contributed by atoms with Gasteiger partial charge in [-0.15, -0.1) is 0 Å². The smallest absolute Gasteiger partial charge is 0.272 e. The Balaban J connectivity index is 1.67. The van der Waals surface area contributed by atoms with E-state index >= 15 is 0 Å². The van der Waals surface area contributed by atoms with Crippen LogP contribution >= 0.6 is 0 Å². The van der Waals surface area contributed by atoms with Crippen LogP contribution in [0.4, 0.5) is 0 Å². The van der Waals surface area contributed by atoms with Gasteiger partial charge in [-0.2, -0.15) is 10.4 Å². The Morgan fingerprint density at radius 3 is 3.00 bits per heavy atom. The van der Waals surface area contributed by atoms with E-state index in [1.54, 1.807) is 47.9 Å². The van der Waals surface area contributed by atoms with Crippen LogP contribution in [0.15, 0.2) is 24.3 Å². The maximum Gasteiger partial charge on any atom is 0.272 e. The highest BCUT2D eigenvalue weighted by Gasteiger charge is 2.32. The molecule has 0 radical (unpaired) electrons. The van der Waals surface area contributed by atoms with Crippen molar-refractivity contribution in [3.8, 4) is 11.8 Å². The van der Waals surface area contributed by atoms with Crippen LogP contribution in [-0.2, 0) is 18.2 Å². The fourth-order valence-corrected chi connectivity index (χ4v) is 3.37. The number of carbonyl (C=O) groups excluding carboxylic acids is 1. The lowest BCUT2D eigenvalue weighted by atomic mass is 9.99. The van der Waals surface area contributed by atoms with Crippen LogP contribution in [-0.4, -0.2) is 46.9 Å². The number of aromatic nitrogens is 2. The summed E-state index contributed by atoms with van der Waals surface area (Å²) in [6.45, 7) is 4.74. The molecule has 0 spiro atoms. The van der Waals surface area contributed by atoms with E-state index in [1.165, 1.54) is 0 Å². The molecule has 7 nitrogen and oxygen atoms in total. The third-order valence-corrected chi connectivity index (χ3v) is 4.70. The Bertz CT molecular complexity index is 884. The topological polar surface area (TPSA) is 80.4 Å². The number of likely N-dealkylation sites (N-methyl/N-ethyl adjacent to an activating group) is 1. The predicted molar refractivity (Wildman–Crippen MR) is 99.5 cm³/mol. The number of nitrogens with zero attached hydrogens (tertiary/aromatic N) is 4. The standard InChI is InChI=1S/C20H24N4O3/c1-13-10-17-18(14(2)27-13)22-24(4)19(17)20(25)23(3)8-9-26-16-7-5-6-15(11-16)12-21/h5-7,11,13-14H,8-10H2,1-4H3/t13-,14+/m1/s1. The summed E-state index contributed by atoms with van der Waals surface area (Å²) in [4.78, 5) is 14.6. The SMILES string of the molecule is C[C@@H]1Cc2c(nn(C)c2C(=O)N(C)CCOc2cccc(C#N)c2)[C@H](C)O1. The maximum atomic E-state index is 13.0. The van der Waals surface area contributed by atoms with Crippen LogP contribution in [0.3, 0.4) is 0 Å². The summed E-state index contributed by atoms with van der Waals surface area (Å²) in [5.41, 5.74) is 2.98. The number of benzene rings is 1. The first-order valence-electron chi connectivity index (χ1n) is 9.00. The highest BCUT2D eigenvalue weighted by molar-refractivity contribution is 5.94. The normalized spacial score (nSPS) is 18.5. The van der Waals surface area contributed by atoms with E-state index in [1.807, 2.05) is 13.8 Å². The minimum atomic E-state index is -0.113. The lowest BCUT2D eigenvalue weighted by molar-refractivity contribution is -0.00713. The van der Waals surface area contributed by atoms with Crippen LogP contribution in [0.1, 0.15) is 47.3 Å². The van der Waals surface area contributed by atoms with E-state index in [0.29, 0.717) is 36.6 Å². The summed E-state index contributed by atoms with van der Waals surface area (Å²) in [5, 5.41) is 13.4. The zero-order valence-electron chi connectivity index (χ0n) is 16.1. The summed E-state index contributed by atoms with van der Waals surface area (Å²) in [7, 11) is 3.55. The highest BCUT2D eigenvalue weighted by Crippen LogP contribution is 2.31. The maximum absolute atomic E-state index is 13.0. The highest BCUT2D eigenvalue weighted by atomic mass is 16.5. The van der Waals surface area contributed by atoms with Gasteiger partial charge in [0.1, 0.15) is 18.1 Å². The molecule has 1 amide bonds. The molecular formula is C20H24N4O3. The molecule has 0 unspecified atom stereocenters. The molecule has 142 valence electrons. The molecule has 2 heterocycles. The van der Waals surface area contributed by atoms with Gasteiger partial charge in [0.15, 0.2) is 0 Å². The number of nitriles is 1. The Kier molecular flexibility index (Phi) is 5.47. The van der Waals surface area contributed by atoms with Crippen molar-refractivity contribution in [2.75, 3.05) is 20.2 Å². The number of rotatable bonds is 5. The largest absolute Gasteiger partial charge is 0.492 e. The van der Waals surface area contributed by atoms with Crippen molar-refractivity contribution in [1.82, 2.24) is 14.7 Å². The molecule has 0 bridgehead atoms. The van der Waals surface area contributed by atoms with Gasteiger partial charge in [-0.05, 0) is 32.0 Å². The van der Waals surface area contributed by atoms with Crippen molar-refractivity contribution < 1.29 is 14.3 Å². The Morgan fingerprint density at radius 1 is 1.48 bits per heavy atom. The first-order chi connectivity index (χ1) is 12.9. The second-order valence-electron chi connectivity index (χ2n) is 6.84. The second kappa shape index (κ2) is 7.80. The van der Waals surface area contributed by atoms with Crippen molar-refractivity contribution in [1.29, 1.82) is 5.26 Å². The number of aryl methyl sites for hydroxylation is 1. The van der Waals surface area contributed by atoms with Gasteiger partial charge in [-0.1, -0.05) is 6.07 Å². The van der Waals surface area contributed by atoms with Gasteiger partial charge in [0.2, 0.25) is 0 Å². The Labute approximate surface area is 159 Å². The van der Waals surface area contributed by atoms with Gasteiger partial charge in [0.25, 0.3) is 5.91 Å². The molecule has 0 aliphatic carbocycles. The summed E-state index contributed by atoms with van der Waals surface area (Å²) < 4.78 is 13.1. The zero-order valence-corrected chi connectivity index (χ0v) is 16.1. The van der Waals surface area contributed by atoms with E-state index in [9.17, 15) is 4.79 Å². The number of hydrogen-bond acceptors (Lipinski definition) is 5. The summed E-state index contributed by atoms with van der Waals surface area (Å²) >= 11 is 0. The lowest BCUT2D eigenvalue weighted by Crippen LogP contribution is -2.33. The molecule has 3 rings (SSSR count). The first kappa shape index (κ1) is 18.9. The van der Waals surface area contributed by atoms with E-state index < -0.39 is 0 Å². The Hall–Kier alpha value is -2.85. The van der Waals surface area contributed by atoms with Crippen molar-refractivity contribution >= 4 is 5.91 Å². The number of ether oxygens (including phenoxy) is 2. The van der Waals surface area contributed by atoms with Gasteiger partial charge in [-0.3, -0.25) is 9.48 Å². The minimum Gasteiger partial charge on any atom is -0.492 e. The quantitative estimate of drug-likeness (QED) is 0.810. The van der Waals surface area contributed by atoms with E-state index in [0.717, 1.165) is 11.3 Å². The van der Waals surface area contributed by atoms with Crippen LogP contribution in [0.2, 0.25) is 0 Å². The third-order valence-electron chi connectivity index (χ3n) is 4.70. The first-order valence-corrected chi connectivity index (χ1v) is 9.00. The molecule has 0 N–H and O–H groups in total. The molecule has 1 aliphatic rings. The Morgan fingerprint density at radius 2 is 2.26 bits per heavy atom. The molecule has 0 saturated heterocycles. The fraction of sp³-hybridized carbons (Fsp3) is 0.450. The number of carbonyl (C=O) groups is 1. The zero-order chi connectivity index (χ0) is 19.6. The van der Waals surface area contributed by atoms with Crippen LogP contribution in [0.5, 0.6) is 5.75 Å². The number of amides is 1. The van der Waals surface area contributed by atoms with Gasteiger partial charge in [0, 0.05) is 26.1 Å². The molecule has 1 aliphatic heterocycles. The van der Waals surface area contributed by atoms with Crippen molar-refractivity contribution in [3.63, 3.8) is 0 Å². The van der Waals surface area contributed by atoms with Gasteiger partial charge < -0.3 is 14.4 Å². The van der Waals surface area contributed by atoms with Gasteiger partial charge in [0.05, 0.1) is 36.1 Å². The summed E-state index contributed by atoms with van der Waals surface area (Å²) in [6, 6.07) is 9.05. The molecule has 1 aromatic carbocycles. The second-order valence-corrected chi connectivity index (χ2v) is 6.84. The molecule has 27 heavy (non-hydrogen) atoms. The molecule has 2 atom stereocenters. The van der Waals surface area contributed by atoms with E-state index in [-0.39, 0.29) is 18.1 Å². The molecule has 2 aromatic rings. The molecular weight excluding hydrogens is 344 g/mol. The molecule has 7 heteroatoms. The van der Waals surface area contributed by atoms with E-state index in [2.05, 4.69) is 11.2 Å². The summed E-state index contributed by atoms with van der Waals surface area (Å²) in [5.74, 6) is 0.537. The molecule has 1 aromatic heterocycles. The van der Waals surface area contributed by atoms with Gasteiger partial charge >= 0.3 is 0 Å². The summed E-state index contributed by atoms with van der Waals surface area (Å²) in [6.07, 6.45) is 0.627. The average molecular weight is 368 g/mol. The van der Waals surface area contributed by atoms with Crippen LogP contribution in [0, 0.1) is 11.3 Å².